The van der Waals surface area contributed by atoms with Gasteiger partial charge in [0.1, 0.15) is 18.1 Å². The lowest BCUT2D eigenvalue weighted by molar-refractivity contribution is -0.172. The Bertz CT molecular complexity index is 1360. The maximum atomic E-state index is 14.8. The molecule has 2 rings (SSSR count). The molecule has 2 aromatic carbocycles. The number of phenolic OH excluding ortho intramolecular Hbond substituents is 2. The van der Waals surface area contributed by atoms with Crippen molar-refractivity contribution in [3.63, 3.8) is 0 Å². The molecule has 54 heavy (non-hydrogen) atoms. The van der Waals surface area contributed by atoms with Crippen LogP contribution in [0.3, 0.4) is 0 Å². The molecule has 0 heterocycles. The molecule has 0 aromatic heterocycles. The van der Waals surface area contributed by atoms with Gasteiger partial charge in [0.05, 0.1) is 6.61 Å². The summed E-state index contributed by atoms with van der Waals surface area (Å²) >= 11 is 4.32. The first kappa shape index (κ1) is 47.5. The molecule has 0 amide bonds. The number of unbranched alkanes of at least 4 members (excludes halogenated alkanes) is 9. The summed E-state index contributed by atoms with van der Waals surface area (Å²) in [6.07, 6.45) is 11.6. The molecule has 0 atom stereocenters. The molecule has 2 aromatic rings. The maximum absolute atomic E-state index is 14.8. The first-order valence-corrected chi connectivity index (χ1v) is 21.2. The van der Waals surface area contributed by atoms with Gasteiger partial charge in [-0.25, -0.2) is 0 Å². The van der Waals surface area contributed by atoms with E-state index in [1.807, 2.05) is 107 Å². The first-order chi connectivity index (χ1) is 24.9. The molecule has 0 saturated heterocycles. The van der Waals surface area contributed by atoms with Crippen LogP contribution < -0.4 is 0 Å². The predicted molar refractivity (Wildman–Crippen MR) is 228 cm³/mol. The van der Waals surface area contributed by atoms with Crippen molar-refractivity contribution in [2.75, 3.05) is 19.0 Å². The molecule has 0 aliphatic rings. The number of benzene rings is 2. The summed E-state index contributed by atoms with van der Waals surface area (Å²) in [7, 11) is 0. The van der Waals surface area contributed by atoms with E-state index in [9.17, 15) is 19.8 Å². The molecule has 0 aliphatic heterocycles. The van der Waals surface area contributed by atoms with Gasteiger partial charge in [-0.05, 0) is 74.3 Å². The number of hydrogen-bond acceptors (Lipinski definition) is 7. The van der Waals surface area contributed by atoms with Crippen LogP contribution in [0.25, 0.3) is 0 Å². The van der Waals surface area contributed by atoms with Crippen molar-refractivity contribution in [1.29, 1.82) is 0 Å². The Morgan fingerprint density at radius 1 is 0.519 bits per heavy atom. The largest absolute Gasteiger partial charge is 0.507 e. The van der Waals surface area contributed by atoms with Gasteiger partial charge >= 0.3 is 11.9 Å². The highest BCUT2D eigenvalue weighted by molar-refractivity contribution is 7.80. The summed E-state index contributed by atoms with van der Waals surface area (Å²) in [5.74, 6) is -0.510. The minimum atomic E-state index is -1.75. The van der Waals surface area contributed by atoms with E-state index in [0.717, 1.165) is 46.2 Å². The van der Waals surface area contributed by atoms with Crippen molar-refractivity contribution in [2.45, 2.75) is 189 Å². The fourth-order valence-electron chi connectivity index (χ4n) is 7.18. The summed E-state index contributed by atoms with van der Waals surface area (Å²) < 4.78 is 12.0. The quantitative estimate of drug-likeness (QED) is 0.0570. The standard InChI is InChI=1S/C47H76O6S/c1-14-15-16-17-18-19-20-21-22-23-24-52-41(50)47(42(51)53-25-26-54,31-33-27-35(43(2,3)4)39(48)36(28-33)44(5,6)7)32-34-29-37(45(8,9)10)40(49)38(30-34)46(11,12)13/h27-30,48-49,54H,14-26,31-32H2,1-13H3. The average molecular weight is 769 g/mol. The Morgan fingerprint density at radius 2 is 0.815 bits per heavy atom. The molecule has 0 radical (unpaired) electrons. The Balaban J connectivity index is 2.72. The summed E-state index contributed by atoms with van der Waals surface area (Å²) in [6.45, 7) is 27.1. The highest BCUT2D eigenvalue weighted by Gasteiger charge is 2.50. The number of carbonyl (C=O) groups is 2. The van der Waals surface area contributed by atoms with Crippen molar-refractivity contribution < 1.29 is 29.3 Å². The normalized spacial score (nSPS) is 12.9. The van der Waals surface area contributed by atoms with Gasteiger partial charge in [-0.15, -0.1) is 0 Å². The molecule has 6 nitrogen and oxygen atoms in total. The lowest BCUT2D eigenvalue weighted by atomic mass is 9.71. The van der Waals surface area contributed by atoms with E-state index in [0.29, 0.717) is 12.2 Å². The van der Waals surface area contributed by atoms with Crippen molar-refractivity contribution in [1.82, 2.24) is 0 Å². The topological polar surface area (TPSA) is 93.1 Å². The van der Waals surface area contributed by atoms with Crippen LogP contribution in [0.4, 0.5) is 0 Å². The number of hydrogen-bond donors (Lipinski definition) is 3. The third-order valence-electron chi connectivity index (χ3n) is 10.4. The van der Waals surface area contributed by atoms with Gasteiger partial charge in [-0.1, -0.05) is 172 Å². The highest BCUT2D eigenvalue weighted by atomic mass is 32.1. The number of phenols is 2. The van der Waals surface area contributed by atoms with Crippen molar-refractivity contribution in [3.05, 3.63) is 57.6 Å². The zero-order valence-electron chi connectivity index (χ0n) is 36.4. The van der Waals surface area contributed by atoms with Crippen LogP contribution in [-0.2, 0) is 53.6 Å². The van der Waals surface area contributed by atoms with E-state index in [1.54, 1.807) is 0 Å². The lowest BCUT2D eigenvalue weighted by Gasteiger charge is -2.33. The fraction of sp³-hybridized carbons (Fsp3) is 0.702. The van der Waals surface area contributed by atoms with Gasteiger partial charge in [-0.3, -0.25) is 9.59 Å². The van der Waals surface area contributed by atoms with Gasteiger partial charge in [0, 0.05) is 5.75 Å². The molecule has 7 heteroatoms. The summed E-state index contributed by atoms with van der Waals surface area (Å²) in [4.78, 5) is 29.3. The molecule has 0 fully saturated rings. The van der Waals surface area contributed by atoms with Gasteiger partial charge in [0.25, 0.3) is 0 Å². The fourth-order valence-corrected chi connectivity index (χ4v) is 7.27. The number of thiol groups is 1. The van der Waals surface area contributed by atoms with E-state index in [-0.39, 0.29) is 37.6 Å². The van der Waals surface area contributed by atoms with Gasteiger partial charge in [0.15, 0.2) is 5.41 Å². The van der Waals surface area contributed by atoms with Crippen LogP contribution in [0.2, 0.25) is 0 Å². The zero-order valence-corrected chi connectivity index (χ0v) is 37.3. The molecule has 0 saturated carbocycles. The third kappa shape index (κ3) is 13.5. The number of aromatic hydroxyl groups is 2. The Labute approximate surface area is 335 Å². The van der Waals surface area contributed by atoms with E-state index in [2.05, 4.69) is 19.6 Å². The Hall–Kier alpha value is -2.67. The van der Waals surface area contributed by atoms with Crippen LogP contribution in [0.15, 0.2) is 24.3 Å². The van der Waals surface area contributed by atoms with Crippen LogP contribution in [-0.4, -0.2) is 41.1 Å². The van der Waals surface area contributed by atoms with Crippen molar-refractivity contribution in [3.8, 4) is 11.5 Å². The predicted octanol–water partition coefficient (Wildman–Crippen LogP) is 12.0. The molecule has 2 N–H and O–H groups in total. The molecule has 0 spiro atoms. The highest BCUT2D eigenvalue weighted by Crippen LogP contribution is 2.44. The van der Waals surface area contributed by atoms with Crippen molar-refractivity contribution in [2.24, 2.45) is 5.41 Å². The van der Waals surface area contributed by atoms with Crippen LogP contribution in [0, 0.1) is 5.41 Å². The summed E-state index contributed by atoms with van der Waals surface area (Å²) in [5.41, 5.74) is 1.08. The maximum Gasteiger partial charge on any atom is 0.324 e. The van der Waals surface area contributed by atoms with Crippen LogP contribution in [0.5, 0.6) is 11.5 Å². The first-order valence-electron chi connectivity index (χ1n) is 20.6. The van der Waals surface area contributed by atoms with Crippen molar-refractivity contribution >= 4 is 24.6 Å². The lowest BCUT2D eigenvalue weighted by Crippen LogP contribution is -2.46. The van der Waals surface area contributed by atoms with E-state index in [4.69, 9.17) is 9.47 Å². The SMILES string of the molecule is CCCCCCCCCCCCOC(=O)C(Cc1cc(C(C)(C)C)c(O)c(C(C)(C)C)c1)(Cc1cc(C(C)(C)C)c(O)c(C(C)(C)C)c1)C(=O)OCCS. The van der Waals surface area contributed by atoms with E-state index < -0.39 is 39.0 Å². The molecule has 0 unspecified atom stereocenters. The van der Waals surface area contributed by atoms with Crippen LogP contribution >= 0.6 is 12.6 Å². The number of esters is 2. The number of rotatable bonds is 19. The Morgan fingerprint density at radius 3 is 1.11 bits per heavy atom. The second-order valence-electron chi connectivity index (χ2n) is 19.7. The summed E-state index contributed by atoms with van der Waals surface area (Å²) in [6, 6.07) is 7.72. The van der Waals surface area contributed by atoms with Gasteiger partial charge < -0.3 is 19.7 Å². The Kier molecular flexibility index (Phi) is 17.6. The molecule has 0 bridgehead atoms. The van der Waals surface area contributed by atoms with E-state index >= 15 is 0 Å². The number of carbonyl (C=O) groups excluding carboxylic acids is 2. The third-order valence-corrected chi connectivity index (χ3v) is 10.6. The monoisotopic (exact) mass is 769 g/mol. The summed E-state index contributed by atoms with van der Waals surface area (Å²) in [5, 5.41) is 23.1. The van der Waals surface area contributed by atoms with E-state index in [1.165, 1.54) is 44.9 Å². The van der Waals surface area contributed by atoms with Gasteiger partial charge in [0.2, 0.25) is 0 Å². The second-order valence-corrected chi connectivity index (χ2v) is 20.1. The molecular weight excluding hydrogens is 693 g/mol. The second kappa shape index (κ2) is 20.0. The van der Waals surface area contributed by atoms with Crippen LogP contribution in [0.1, 0.15) is 188 Å². The minimum absolute atomic E-state index is 0.0122. The number of ether oxygens (including phenoxy) is 2. The van der Waals surface area contributed by atoms with Gasteiger partial charge in [-0.2, -0.15) is 12.6 Å². The zero-order chi connectivity index (χ0) is 41.1. The average Bonchev–Trinajstić information content (AvgIpc) is 3.04. The molecule has 306 valence electrons. The molecular formula is C47H76O6S. The smallest absolute Gasteiger partial charge is 0.324 e. The molecule has 0 aliphatic carbocycles. The minimum Gasteiger partial charge on any atom is -0.507 e.